The second kappa shape index (κ2) is 7.66. The lowest BCUT2D eigenvalue weighted by molar-refractivity contribution is -0.166. The third-order valence-electron chi connectivity index (χ3n) is 6.87. The van der Waals surface area contributed by atoms with Crippen LogP contribution in [0, 0.1) is 11.8 Å². The first kappa shape index (κ1) is 17.3. The summed E-state index contributed by atoms with van der Waals surface area (Å²) < 4.78 is 7.24. The predicted octanol–water partition coefficient (Wildman–Crippen LogP) is 6.67. The Morgan fingerprint density at radius 1 is 0.640 bits per heavy atom. The zero-order valence-corrected chi connectivity index (χ0v) is 15.7. The lowest BCUT2D eigenvalue weighted by Crippen LogP contribution is -2.44. The predicted molar refractivity (Wildman–Crippen MR) is 105 cm³/mol. The summed E-state index contributed by atoms with van der Waals surface area (Å²) in [7, 11) is 0. The summed E-state index contributed by atoms with van der Waals surface area (Å²) in [6, 6.07) is 0. The molecule has 0 N–H and O–H groups in total. The van der Waals surface area contributed by atoms with Gasteiger partial charge >= 0.3 is 0 Å². The van der Waals surface area contributed by atoms with Crippen LogP contribution in [0.3, 0.4) is 0 Å². The summed E-state index contributed by atoms with van der Waals surface area (Å²) in [6.45, 7) is 0. The molecule has 0 spiro atoms. The van der Waals surface area contributed by atoms with Crippen molar-refractivity contribution in [2.24, 2.45) is 11.8 Å². The summed E-state index contributed by atoms with van der Waals surface area (Å²) in [6.07, 6.45) is 33.8. The molecule has 4 rings (SSSR count). The van der Waals surface area contributed by atoms with Gasteiger partial charge in [-0.3, -0.25) is 0 Å². The van der Waals surface area contributed by atoms with E-state index < -0.39 is 0 Å². The zero-order valence-electron chi connectivity index (χ0n) is 15.7. The van der Waals surface area contributed by atoms with Crippen molar-refractivity contribution in [3.05, 3.63) is 48.6 Å². The summed E-state index contributed by atoms with van der Waals surface area (Å²) >= 11 is 0. The van der Waals surface area contributed by atoms with E-state index in [4.69, 9.17) is 4.74 Å². The second-order valence-corrected chi connectivity index (χ2v) is 8.91. The Balaban J connectivity index is 1.48. The maximum absolute atomic E-state index is 7.24. The van der Waals surface area contributed by atoms with Gasteiger partial charge in [-0.05, 0) is 63.2 Å². The Morgan fingerprint density at radius 2 is 1.08 bits per heavy atom. The molecule has 0 heterocycles. The van der Waals surface area contributed by atoms with Crippen molar-refractivity contribution in [1.82, 2.24) is 0 Å². The highest BCUT2D eigenvalue weighted by Gasteiger charge is 2.46. The van der Waals surface area contributed by atoms with Crippen LogP contribution >= 0.6 is 0 Å². The molecule has 0 aliphatic heterocycles. The number of hydrogen-bond acceptors (Lipinski definition) is 1. The molecule has 2 fully saturated rings. The lowest BCUT2D eigenvalue weighted by Gasteiger charge is -2.43. The molecule has 0 amide bonds. The highest BCUT2D eigenvalue weighted by molar-refractivity contribution is 5.14. The second-order valence-electron chi connectivity index (χ2n) is 8.91. The molecule has 0 radical (unpaired) electrons. The molecule has 2 unspecified atom stereocenters. The highest BCUT2D eigenvalue weighted by atomic mass is 16.5. The molecule has 0 aromatic carbocycles. The van der Waals surface area contributed by atoms with E-state index in [-0.39, 0.29) is 11.2 Å². The van der Waals surface area contributed by atoms with Crippen molar-refractivity contribution in [2.45, 2.75) is 88.3 Å². The van der Waals surface area contributed by atoms with Gasteiger partial charge in [-0.1, -0.05) is 74.3 Å². The smallest absolute Gasteiger partial charge is 0.0695 e. The Bertz CT molecular complexity index is 503. The first-order chi connectivity index (χ1) is 12.3. The molecule has 25 heavy (non-hydrogen) atoms. The van der Waals surface area contributed by atoms with E-state index in [1.54, 1.807) is 0 Å². The summed E-state index contributed by atoms with van der Waals surface area (Å²) in [4.78, 5) is 0. The van der Waals surface area contributed by atoms with Gasteiger partial charge < -0.3 is 4.74 Å². The molecule has 2 saturated carbocycles. The van der Waals surface area contributed by atoms with Gasteiger partial charge in [0, 0.05) is 0 Å². The van der Waals surface area contributed by atoms with E-state index in [1.807, 2.05) is 0 Å². The largest absolute Gasteiger partial charge is 0.369 e. The molecule has 2 atom stereocenters. The van der Waals surface area contributed by atoms with E-state index >= 15 is 0 Å². The third-order valence-corrected chi connectivity index (χ3v) is 6.87. The maximum atomic E-state index is 7.24. The van der Waals surface area contributed by atoms with Crippen LogP contribution in [0.15, 0.2) is 48.6 Å². The Morgan fingerprint density at radius 3 is 1.44 bits per heavy atom. The number of ether oxygens (including phenoxy) is 1. The van der Waals surface area contributed by atoms with Gasteiger partial charge in [0.05, 0.1) is 11.2 Å². The van der Waals surface area contributed by atoms with Crippen LogP contribution in [0.1, 0.15) is 77.0 Å². The molecule has 1 nitrogen and oxygen atoms in total. The molecular weight excluding hydrogens is 304 g/mol. The topological polar surface area (TPSA) is 9.23 Å². The molecule has 0 aromatic rings. The fraction of sp³-hybridized carbons (Fsp3) is 0.667. The minimum Gasteiger partial charge on any atom is -0.369 e. The minimum absolute atomic E-state index is 0.152. The average molecular weight is 339 g/mol. The molecule has 136 valence electrons. The van der Waals surface area contributed by atoms with Crippen LogP contribution in [0.25, 0.3) is 0 Å². The molecule has 0 aromatic heterocycles. The standard InChI is InChI=1S/C24H34O/c1-3-11-21(12-4-1)19-23(15-7-8-16-23)25-24(17-9-10-18-24)20-22-13-5-2-6-14-22/h1-6,11,13,21-22H,7-10,12,14-20H2. The molecule has 0 saturated heterocycles. The first-order valence-electron chi connectivity index (χ1n) is 10.6. The molecule has 4 aliphatic rings. The zero-order chi connectivity index (χ0) is 17.0. The molecular formula is C24H34O. The lowest BCUT2D eigenvalue weighted by atomic mass is 9.81. The van der Waals surface area contributed by atoms with Gasteiger partial charge in [0.15, 0.2) is 0 Å². The fourth-order valence-electron chi connectivity index (χ4n) is 5.72. The van der Waals surface area contributed by atoms with Gasteiger partial charge in [-0.25, -0.2) is 0 Å². The normalized spacial score (nSPS) is 32.5. The van der Waals surface area contributed by atoms with E-state index in [0.29, 0.717) is 11.8 Å². The molecule has 4 aliphatic carbocycles. The van der Waals surface area contributed by atoms with Crippen molar-refractivity contribution in [3.8, 4) is 0 Å². The SMILES string of the molecule is C1=CCC(CC2(OC3(CC4C=CC=CC4)CCCC3)CCCC2)C=C1. The minimum atomic E-state index is 0.152. The number of rotatable bonds is 6. The summed E-state index contributed by atoms with van der Waals surface area (Å²) in [5.41, 5.74) is 0.303. The van der Waals surface area contributed by atoms with Crippen molar-refractivity contribution in [2.75, 3.05) is 0 Å². The fourth-order valence-corrected chi connectivity index (χ4v) is 5.72. The van der Waals surface area contributed by atoms with Crippen LogP contribution < -0.4 is 0 Å². The number of hydrogen-bond donors (Lipinski definition) is 0. The van der Waals surface area contributed by atoms with Crippen molar-refractivity contribution >= 4 is 0 Å². The van der Waals surface area contributed by atoms with Crippen molar-refractivity contribution < 1.29 is 4.74 Å². The Hall–Kier alpha value is -1.08. The van der Waals surface area contributed by atoms with E-state index in [2.05, 4.69) is 48.6 Å². The van der Waals surface area contributed by atoms with Crippen LogP contribution in [0.4, 0.5) is 0 Å². The van der Waals surface area contributed by atoms with Gasteiger partial charge in [-0.15, -0.1) is 0 Å². The summed E-state index contributed by atoms with van der Waals surface area (Å²) in [5.74, 6) is 1.36. The number of allylic oxidation sites excluding steroid dienone is 8. The molecule has 1 heteroatoms. The highest BCUT2D eigenvalue weighted by Crippen LogP contribution is 2.49. The van der Waals surface area contributed by atoms with Gasteiger partial charge in [0.1, 0.15) is 0 Å². The van der Waals surface area contributed by atoms with Crippen LogP contribution in [0.5, 0.6) is 0 Å². The maximum Gasteiger partial charge on any atom is 0.0695 e. The van der Waals surface area contributed by atoms with E-state index in [1.165, 1.54) is 77.0 Å². The Labute approximate surface area is 153 Å². The van der Waals surface area contributed by atoms with Crippen molar-refractivity contribution in [3.63, 3.8) is 0 Å². The van der Waals surface area contributed by atoms with Crippen LogP contribution in [-0.2, 0) is 4.74 Å². The quantitative estimate of drug-likeness (QED) is 0.525. The van der Waals surface area contributed by atoms with E-state index in [0.717, 1.165) is 0 Å². The molecule has 0 bridgehead atoms. The van der Waals surface area contributed by atoms with Gasteiger partial charge in [0.2, 0.25) is 0 Å². The van der Waals surface area contributed by atoms with Gasteiger partial charge in [-0.2, -0.15) is 0 Å². The van der Waals surface area contributed by atoms with Crippen LogP contribution in [0.2, 0.25) is 0 Å². The average Bonchev–Trinajstić information content (AvgIpc) is 3.27. The van der Waals surface area contributed by atoms with Gasteiger partial charge in [0.25, 0.3) is 0 Å². The summed E-state index contributed by atoms with van der Waals surface area (Å²) in [5, 5.41) is 0. The van der Waals surface area contributed by atoms with E-state index in [9.17, 15) is 0 Å². The van der Waals surface area contributed by atoms with Crippen LogP contribution in [-0.4, -0.2) is 11.2 Å². The third kappa shape index (κ3) is 4.19. The Kier molecular flexibility index (Phi) is 5.31. The monoisotopic (exact) mass is 338 g/mol. The van der Waals surface area contributed by atoms with Crippen molar-refractivity contribution in [1.29, 1.82) is 0 Å². The first-order valence-corrected chi connectivity index (χ1v) is 10.6.